The normalized spacial score (nSPS) is 11.2. The first-order chi connectivity index (χ1) is 15.0. The molecule has 0 atom stereocenters. The molecule has 0 radical (unpaired) electrons. The summed E-state index contributed by atoms with van der Waals surface area (Å²) in [6.45, 7) is 1.16. The molecule has 0 bridgehead atoms. The third-order valence-corrected chi connectivity index (χ3v) is 5.14. The molecule has 1 rings (SSSR count). The molecule has 13 nitrogen and oxygen atoms in total. The minimum absolute atomic E-state index is 0.0712. The summed E-state index contributed by atoms with van der Waals surface area (Å²) in [6, 6.07) is 1.70. The molecule has 0 aliphatic rings. The van der Waals surface area contributed by atoms with E-state index in [0.717, 1.165) is 18.4 Å². The Morgan fingerprint density at radius 1 is 1.16 bits per heavy atom. The number of nitro benzene ring substituents is 2. The number of amides is 1. The van der Waals surface area contributed by atoms with Crippen LogP contribution in [0.15, 0.2) is 12.1 Å². The minimum Gasteiger partial charge on any atom is -0.395 e. The number of aliphatic hydroxyl groups is 1. The van der Waals surface area contributed by atoms with Crippen molar-refractivity contribution in [2.75, 3.05) is 55.9 Å². The van der Waals surface area contributed by atoms with Crippen LogP contribution < -0.4 is 4.90 Å². The van der Waals surface area contributed by atoms with Crippen LogP contribution in [0.5, 0.6) is 0 Å². The monoisotopic (exact) mass is 540 g/mol. The topological polar surface area (TPSA) is 173 Å². The number of nitrogens with zero attached hydrogens (tertiary/aromatic N) is 4. The van der Waals surface area contributed by atoms with E-state index in [1.165, 1.54) is 9.80 Å². The van der Waals surface area contributed by atoms with Gasteiger partial charge >= 0.3 is 0 Å². The van der Waals surface area contributed by atoms with Gasteiger partial charge in [-0.3, -0.25) is 29.2 Å². The molecule has 1 N–H and O–H groups in total. The van der Waals surface area contributed by atoms with Gasteiger partial charge in [-0.2, -0.15) is 8.42 Å². The van der Waals surface area contributed by atoms with Crippen LogP contribution in [0.3, 0.4) is 0 Å². The third-order valence-electron chi connectivity index (χ3n) is 4.19. The highest BCUT2D eigenvalue weighted by atomic mass is 79.9. The number of hydrogen-bond acceptors (Lipinski definition) is 10. The van der Waals surface area contributed by atoms with E-state index >= 15 is 0 Å². The number of non-ortho nitro benzene ring substituents is 1. The van der Waals surface area contributed by atoms with Crippen LogP contribution in [0.1, 0.15) is 23.7 Å². The van der Waals surface area contributed by atoms with Gasteiger partial charge in [-0.25, -0.2) is 0 Å². The number of aliphatic hydroxyl groups excluding tert-OH is 1. The summed E-state index contributed by atoms with van der Waals surface area (Å²) in [6.07, 6.45) is 1.37. The highest BCUT2D eigenvalue weighted by molar-refractivity contribution is 9.09. The first-order valence-corrected chi connectivity index (χ1v) is 12.4. The summed E-state index contributed by atoms with van der Waals surface area (Å²) in [5, 5.41) is 32.8. The highest BCUT2D eigenvalue weighted by Gasteiger charge is 2.32. The maximum absolute atomic E-state index is 13.2. The molecule has 32 heavy (non-hydrogen) atoms. The maximum atomic E-state index is 13.2. The van der Waals surface area contributed by atoms with Gasteiger partial charge in [-0.05, 0) is 6.42 Å². The van der Waals surface area contributed by atoms with Crippen molar-refractivity contribution in [3.63, 3.8) is 0 Å². The SMILES string of the molecule is CCCN(CCO)C(=O)c1cc([N+](=O)[O-])cc([N+](=O)[O-])c1N(CCBr)CCOS(C)(=O)=O. The Hall–Kier alpha value is -2.36. The second-order valence-electron chi connectivity index (χ2n) is 6.59. The van der Waals surface area contributed by atoms with Crippen LogP contribution in [0.2, 0.25) is 0 Å². The van der Waals surface area contributed by atoms with Gasteiger partial charge in [-0.1, -0.05) is 22.9 Å². The smallest absolute Gasteiger partial charge is 0.300 e. The first kappa shape index (κ1) is 27.7. The zero-order valence-electron chi connectivity index (χ0n) is 17.6. The van der Waals surface area contributed by atoms with Crippen LogP contribution in [0, 0.1) is 20.2 Å². The van der Waals surface area contributed by atoms with Crippen molar-refractivity contribution >= 4 is 49.0 Å². The molecule has 0 spiro atoms. The first-order valence-electron chi connectivity index (χ1n) is 9.49. The number of benzene rings is 1. The van der Waals surface area contributed by atoms with Gasteiger partial charge in [0.15, 0.2) is 0 Å². The zero-order chi connectivity index (χ0) is 24.5. The van der Waals surface area contributed by atoms with E-state index in [2.05, 4.69) is 15.9 Å². The van der Waals surface area contributed by atoms with Crippen molar-refractivity contribution < 1.29 is 32.3 Å². The summed E-state index contributed by atoms with van der Waals surface area (Å²) in [7, 11) is -3.78. The van der Waals surface area contributed by atoms with Crippen LogP contribution in [-0.2, 0) is 14.3 Å². The number of hydrogen-bond donors (Lipinski definition) is 1. The lowest BCUT2D eigenvalue weighted by Crippen LogP contribution is -2.37. The van der Waals surface area contributed by atoms with Gasteiger partial charge in [-0.15, -0.1) is 0 Å². The van der Waals surface area contributed by atoms with Crippen molar-refractivity contribution in [2.45, 2.75) is 13.3 Å². The molecule has 0 aromatic heterocycles. The van der Waals surface area contributed by atoms with Gasteiger partial charge < -0.3 is 14.9 Å². The van der Waals surface area contributed by atoms with Crippen molar-refractivity contribution in [1.29, 1.82) is 0 Å². The standard InChI is InChI=1S/C17H25BrN4O9S/c1-3-5-20(7-9-23)17(24)14-11-13(21(25)26)12-15(22(27)28)16(14)19(6-4-18)8-10-31-32(2,29)30/h11-12,23H,3-10H2,1-2H3. The largest absolute Gasteiger partial charge is 0.395 e. The molecular weight excluding hydrogens is 516 g/mol. The molecule has 0 aliphatic heterocycles. The average Bonchev–Trinajstić information content (AvgIpc) is 2.70. The minimum atomic E-state index is -3.78. The van der Waals surface area contributed by atoms with Gasteiger partial charge in [0.1, 0.15) is 5.69 Å². The lowest BCUT2D eigenvalue weighted by Gasteiger charge is -2.28. The second-order valence-corrected chi connectivity index (χ2v) is 9.03. The van der Waals surface area contributed by atoms with Crippen molar-refractivity contribution in [1.82, 2.24) is 4.90 Å². The van der Waals surface area contributed by atoms with Gasteiger partial charge in [0.2, 0.25) is 0 Å². The lowest BCUT2D eigenvalue weighted by molar-refractivity contribution is -0.393. The molecule has 0 saturated carbocycles. The number of rotatable bonds is 14. The Labute approximate surface area is 193 Å². The zero-order valence-corrected chi connectivity index (χ0v) is 20.0. The Bertz CT molecular complexity index is 936. The molecule has 180 valence electrons. The predicted molar refractivity (Wildman–Crippen MR) is 120 cm³/mol. The summed E-state index contributed by atoms with van der Waals surface area (Å²) in [5.74, 6) is -0.730. The quantitative estimate of drug-likeness (QED) is 0.157. The van der Waals surface area contributed by atoms with Crippen LogP contribution in [-0.4, -0.2) is 85.2 Å². The Kier molecular flexibility index (Phi) is 10.9. The number of nitro groups is 2. The molecule has 0 fully saturated rings. The Morgan fingerprint density at radius 3 is 2.28 bits per heavy atom. The molecule has 1 amide bonds. The number of carbonyl (C=O) groups excluding carboxylic acids is 1. The Balaban J connectivity index is 3.70. The molecule has 1 aromatic rings. The van der Waals surface area contributed by atoms with E-state index in [4.69, 9.17) is 4.18 Å². The van der Waals surface area contributed by atoms with Crippen molar-refractivity contribution in [3.05, 3.63) is 37.9 Å². The number of carbonyl (C=O) groups is 1. The van der Waals surface area contributed by atoms with Gasteiger partial charge in [0, 0.05) is 37.6 Å². The summed E-state index contributed by atoms with van der Waals surface area (Å²) in [5.41, 5.74) is -1.81. The van der Waals surface area contributed by atoms with Crippen LogP contribution in [0.4, 0.5) is 17.1 Å². The van der Waals surface area contributed by atoms with E-state index in [9.17, 15) is 38.5 Å². The molecule has 0 unspecified atom stereocenters. The number of alkyl halides is 1. The summed E-state index contributed by atoms with van der Waals surface area (Å²) >= 11 is 3.21. The molecule has 1 aromatic carbocycles. The average molecular weight is 541 g/mol. The fraction of sp³-hybridized carbons (Fsp3) is 0.588. The molecular formula is C17H25BrN4O9S. The Morgan fingerprint density at radius 2 is 1.81 bits per heavy atom. The summed E-state index contributed by atoms with van der Waals surface area (Å²) < 4.78 is 27.3. The predicted octanol–water partition coefficient (Wildman–Crippen LogP) is 1.52. The third kappa shape index (κ3) is 7.96. The van der Waals surface area contributed by atoms with E-state index in [-0.39, 0.29) is 50.6 Å². The van der Waals surface area contributed by atoms with E-state index < -0.39 is 37.2 Å². The second kappa shape index (κ2) is 12.6. The molecule has 0 heterocycles. The number of halogens is 1. The van der Waals surface area contributed by atoms with Gasteiger partial charge in [0.05, 0.1) is 40.9 Å². The van der Waals surface area contributed by atoms with Crippen LogP contribution >= 0.6 is 15.9 Å². The fourth-order valence-corrected chi connectivity index (χ4v) is 3.76. The van der Waals surface area contributed by atoms with E-state index in [1.807, 2.05) is 0 Å². The van der Waals surface area contributed by atoms with Crippen LogP contribution in [0.25, 0.3) is 0 Å². The fourth-order valence-electron chi connectivity index (χ4n) is 2.96. The lowest BCUT2D eigenvalue weighted by atomic mass is 10.1. The highest BCUT2D eigenvalue weighted by Crippen LogP contribution is 2.37. The van der Waals surface area contributed by atoms with E-state index in [0.29, 0.717) is 11.8 Å². The van der Waals surface area contributed by atoms with Crippen molar-refractivity contribution in [2.24, 2.45) is 0 Å². The van der Waals surface area contributed by atoms with E-state index in [1.54, 1.807) is 6.92 Å². The maximum Gasteiger partial charge on any atom is 0.300 e. The summed E-state index contributed by atoms with van der Waals surface area (Å²) in [4.78, 5) is 37.3. The van der Waals surface area contributed by atoms with Crippen molar-refractivity contribution in [3.8, 4) is 0 Å². The molecule has 0 saturated heterocycles. The van der Waals surface area contributed by atoms with Gasteiger partial charge in [0.25, 0.3) is 27.4 Å². The molecule has 15 heteroatoms. The number of anilines is 1. The molecule has 0 aliphatic carbocycles.